The molecule has 0 fully saturated rings. The second-order valence-electron chi connectivity index (χ2n) is 3.77. The summed E-state index contributed by atoms with van der Waals surface area (Å²) in [6, 6.07) is 9.78. The Balaban J connectivity index is 0. The van der Waals surface area contributed by atoms with Crippen molar-refractivity contribution < 1.29 is 4.79 Å². The van der Waals surface area contributed by atoms with Gasteiger partial charge in [-0.3, -0.25) is 4.79 Å². The van der Waals surface area contributed by atoms with Crippen LogP contribution in [0.3, 0.4) is 0 Å². The molecule has 0 radical (unpaired) electrons. The molecule has 0 saturated heterocycles. The molecule has 0 saturated carbocycles. The van der Waals surface area contributed by atoms with Crippen LogP contribution in [0, 0.1) is 0 Å². The van der Waals surface area contributed by atoms with E-state index in [1.165, 1.54) is 0 Å². The summed E-state index contributed by atoms with van der Waals surface area (Å²) in [4.78, 5) is 11.6. The average molecular weight is 298 g/mol. The Labute approximate surface area is 136 Å². The van der Waals surface area contributed by atoms with Crippen LogP contribution in [0.5, 0.6) is 0 Å². The number of hydrogen-bond donors (Lipinski definition) is 0. The van der Waals surface area contributed by atoms with E-state index < -0.39 is 0 Å². The molecule has 0 atom stereocenters. The Morgan fingerprint density at radius 2 is 1.41 bits per heavy atom. The van der Waals surface area contributed by atoms with E-state index in [1.54, 1.807) is 12.2 Å². The summed E-state index contributed by atoms with van der Waals surface area (Å²) >= 11 is 0. The Morgan fingerprint density at radius 1 is 0.818 bits per heavy atom. The lowest BCUT2D eigenvalue weighted by Gasteiger charge is -1.91. The van der Waals surface area contributed by atoms with Gasteiger partial charge in [-0.2, -0.15) is 0 Å². The van der Waals surface area contributed by atoms with E-state index in [1.807, 2.05) is 102 Å². The lowest BCUT2D eigenvalue weighted by atomic mass is 10.1. The Hall–Kier alpha value is -2.15. The first kappa shape index (κ1) is 22.1. The van der Waals surface area contributed by atoms with Crippen molar-refractivity contribution in [3.05, 3.63) is 77.9 Å². The van der Waals surface area contributed by atoms with E-state index in [0.717, 1.165) is 11.1 Å². The molecule has 0 amide bonds. The molecule has 0 N–H and O–H groups in total. The maximum absolute atomic E-state index is 11.6. The van der Waals surface area contributed by atoms with Gasteiger partial charge in [0, 0.05) is 0 Å². The zero-order valence-electron chi connectivity index (χ0n) is 14.8. The standard InChI is InChI=1S/C17H18O.2C2H6/c1-3-8-15(4-2)11-13-17(18)14-12-16-9-6-5-7-10-16;2*1-2/h3-14H,1-2H3;2*1-2H3/b8-3-,13-11+,14-12+,15-4+;;. The molecular weight excluding hydrogens is 268 g/mol. The van der Waals surface area contributed by atoms with Crippen molar-refractivity contribution in [1.82, 2.24) is 0 Å². The topological polar surface area (TPSA) is 17.1 Å². The molecule has 0 aromatic heterocycles. The minimum Gasteiger partial charge on any atom is -0.290 e. The van der Waals surface area contributed by atoms with Gasteiger partial charge in [0.15, 0.2) is 5.78 Å². The number of allylic oxidation sites excluding steroid dienone is 7. The molecule has 0 spiro atoms. The van der Waals surface area contributed by atoms with Gasteiger partial charge in [0.2, 0.25) is 0 Å². The smallest absolute Gasteiger partial charge is 0.178 e. The van der Waals surface area contributed by atoms with Crippen LogP contribution in [-0.4, -0.2) is 5.78 Å². The Kier molecular flexibility index (Phi) is 17.0. The second kappa shape index (κ2) is 16.9. The van der Waals surface area contributed by atoms with Gasteiger partial charge in [0.1, 0.15) is 0 Å². The van der Waals surface area contributed by atoms with Crippen molar-refractivity contribution in [2.75, 3.05) is 0 Å². The molecule has 0 aliphatic carbocycles. The highest BCUT2D eigenvalue weighted by molar-refractivity contribution is 6.02. The maximum Gasteiger partial charge on any atom is 0.178 e. The number of carbonyl (C=O) groups excluding carboxylic acids is 1. The maximum atomic E-state index is 11.6. The van der Waals surface area contributed by atoms with Gasteiger partial charge in [0.25, 0.3) is 0 Å². The highest BCUT2D eigenvalue weighted by Crippen LogP contribution is 2.02. The number of hydrogen-bond acceptors (Lipinski definition) is 1. The van der Waals surface area contributed by atoms with E-state index in [4.69, 9.17) is 0 Å². The van der Waals surface area contributed by atoms with Crippen LogP contribution in [0.2, 0.25) is 0 Å². The highest BCUT2D eigenvalue weighted by atomic mass is 16.1. The summed E-state index contributed by atoms with van der Waals surface area (Å²) in [7, 11) is 0. The van der Waals surface area contributed by atoms with Crippen molar-refractivity contribution in [2.45, 2.75) is 41.5 Å². The fraction of sp³-hybridized carbons (Fsp3) is 0.286. The number of benzene rings is 1. The number of rotatable bonds is 5. The fourth-order valence-electron chi connectivity index (χ4n) is 1.42. The van der Waals surface area contributed by atoms with Gasteiger partial charge in [0.05, 0.1) is 0 Å². The monoisotopic (exact) mass is 298 g/mol. The molecule has 120 valence electrons. The zero-order chi connectivity index (χ0) is 17.2. The third-order valence-corrected chi connectivity index (χ3v) is 2.37. The third kappa shape index (κ3) is 11.7. The summed E-state index contributed by atoms with van der Waals surface area (Å²) in [5.74, 6) is -0.0114. The van der Waals surface area contributed by atoms with E-state index in [9.17, 15) is 4.79 Å². The number of carbonyl (C=O) groups is 1. The molecule has 1 rings (SSSR count). The van der Waals surface area contributed by atoms with Crippen molar-refractivity contribution in [3.63, 3.8) is 0 Å². The lowest BCUT2D eigenvalue weighted by molar-refractivity contribution is -0.110. The van der Waals surface area contributed by atoms with Crippen LogP contribution in [-0.2, 0) is 4.79 Å². The van der Waals surface area contributed by atoms with E-state index in [-0.39, 0.29) is 5.78 Å². The highest BCUT2D eigenvalue weighted by Gasteiger charge is 1.90. The summed E-state index contributed by atoms with van der Waals surface area (Å²) in [6.45, 7) is 11.9. The van der Waals surface area contributed by atoms with E-state index in [2.05, 4.69) is 0 Å². The average Bonchev–Trinajstić information content (AvgIpc) is 2.61. The van der Waals surface area contributed by atoms with Crippen molar-refractivity contribution in [3.8, 4) is 0 Å². The van der Waals surface area contributed by atoms with Crippen molar-refractivity contribution in [1.29, 1.82) is 0 Å². The van der Waals surface area contributed by atoms with Gasteiger partial charge in [-0.25, -0.2) is 0 Å². The Bertz CT molecular complexity index is 488. The first-order chi connectivity index (χ1) is 10.8. The van der Waals surface area contributed by atoms with E-state index in [0.29, 0.717) is 0 Å². The van der Waals surface area contributed by atoms with Crippen LogP contribution in [0.15, 0.2) is 72.4 Å². The lowest BCUT2D eigenvalue weighted by Crippen LogP contribution is -1.85. The van der Waals surface area contributed by atoms with Gasteiger partial charge in [-0.1, -0.05) is 88.4 Å². The van der Waals surface area contributed by atoms with Crippen LogP contribution in [0.4, 0.5) is 0 Å². The van der Waals surface area contributed by atoms with Gasteiger partial charge in [-0.05, 0) is 37.1 Å². The van der Waals surface area contributed by atoms with Crippen molar-refractivity contribution >= 4 is 11.9 Å². The molecule has 0 heterocycles. The molecule has 1 nitrogen and oxygen atoms in total. The van der Waals surface area contributed by atoms with E-state index >= 15 is 0 Å². The summed E-state index contributed by atoms with van der Waals surface area (Å²) in [5.41, 5.74) is 2.05. The SMILES string of the molecule is CC.CC.C\C=C/C(/C=C/C(=O)/C=C/c1ccccc1)=C\C. The van der Waals surface area contributed by atoms with Gasteiger partial charge >= 0.3 is 0 Å². The molecule has 1 aromatic carbocycles. The van der Waals surface area contributed by atoms with Crippen LogP contribution in [0.1, 0.15) is 47.1 Å². The molecule has 0 aliphatic heterocycles. The quantitative estimate of drug-likeness (QED) is 0.454. The van der Waals surface area contributed by atoms with Gasteiger partial charge < -0.3 is 0 Å². The molecule has 1 heteroatoms. The molecule has 22 heavy (non-hydrogen) atoms. The number of ketones is 1. The minimum atomic E-state index is -0.0114. The molecule has 0 aliphatic rings. The Morgan fingerprint density at radius 3 is 1.91 bits per heavy atom. The zero-order valence-corrected chi connectivity index (χ0v) is 14.8. The largest absolute Gasteiger partial charge is 0.290 e. The molecular formula is C21H30O. The summed E-state index contributed by atoms with van der Waals surface area (Å²) in [6.07, 6.45) is 12.7. The van der Waals surface area contributed by atoms with Crippen LogP contribution < -0.4 is 0 Å². The van der Waals surface area contributed by atoms with Crippen LogP contribution >= 0.6 is 0 Å². The first-order valence-corrected chi connectivity index (χ1v) is 8.00. The predicted molar refractivity (Wildman–Crippen MR) is 101 cm³/mol. The molecule has 0 bridgehead atoms. The minimum absolute atomic E-state index is 0.0114. The molecule has 0 unspecified atom stereocenters. The first-order valence-electron chi connectivity index (χ1n) is 8.00. The van der Waals surface area contributed by atoms with Crippen LogP contribution in [0.25, 0.3) is 6.08 Å². The fourth-order valence-corrected chi connectivity index (χ4v) is 1.42. The third-order valence-electron chi connectivity index (χ3n) is 2.37. The summed E-state index contributed by atoms with van der Waals surface area (Å²) in [5, 5.41) is 0. The summed E-state index contributed by atoms with van der Waals surface area (Å²) < 4.78 is 0. The van der Waals surface area contributed by atoms with Gasteiger partial charge in [-0.15, -0.1) is 0 Å². The molecule has 1 aromatic rings. The predicted octanol–water partition coefficient (Wildman–Crippen LogP) is 6.40. The normalized spacial score (nSPS) is 11.1. The second-order valence-corrected chi connectivity index (χ2v) is 3.77. The van der Waals surface area contributed by atoms with Crippen molar-refractivity contribution in [2.24, 2.45) is 0 Å².